The molecule has 0 radical (unpaired) electrons. The topological polar surface area (TPSA) is 52.0 Å². The second kappa shape index (κ2) is 7.01. The van der Waals surface area contributed by atoms with Gasteiger partial charge in [0, 0.05) is 20.2 Å². The molecule has 1 aromatic heterocycles. The highest BCUT2D eigenvalue weighted by atomic mass is 16.5. The van der Waals surface area contributed by atoms with E-state index in [1.807, 2.05) is 24.6 Å². The van der Waals surface area contributed by atoms with Crippen molar-refractivity contribution in [3.63, 3.8) is 0 Å². The maximum atomic E-state index is 5.48. The van der Waals surface area contributed by atoms with Gasteiger partial charge in [-0.25, -0.2) is 0 Å². The number of benzene rings is 1. The summed E-state index contributed by atoms with van der Waals surface area (Å²) in [6, 6.07) is 8.32. The van der Waals surface area contributed by atoms with Crippen molar-refractivity contribution < 1.29 is 4.74 Å². The molecular formula is C14H20N4O. The van der Waals surface area contributed by atoms with Gasteiger partial charge in [-0.15, -0.1) is 10.2 Å². The first-order valence-corrected chi connectivity index (χ1v) is 6.49. The quantitative estimate of drug-likeness (QED) is 0.822. The van der Waals surface area contributed by atoms with Crippen LogP contribution in [0.15, 0.2) is 30.6 Å². The van der Waals surface area contributed by atoms with E-state index in [-0.39, 0.29) is 0 Å². The molecule has 1 aromatic carbocycles. The Morgan fingerprint density at radius 1 is 1.21 bits per heavy atom. The Balaban J connectivity index is 1.90. The van der Waals surface area contributed by atoms with E-state index in [1.165, 1.54) is 11.1 Å². The monoisotopic (exact) mass is 260 g/mol. The van der Waals surface area contributed by atoms with Gasteiger partial charge in [-0.2, -0.15) is 0 Å². The highest BCUT2D eigenvalue weighted by molar-refractivity contribution is 5.26. The van der Waals surface area contributed by atoms with E-state index >= 15 is 0 Å². The normalized spacial score (nSPS) is 10.8. The number of aryl methyl sites for hydroxylation is 1. The van der Waals surface area contributed by atoms with Crippen LogP contribution in [0.2, 0.25) is 0 Å². The number of nitrogens with one attached hydrogen (secondary N) is 1. The van der Waals surface area contributed by atoms with Crippen molar-refractivity contribution in [2.24, 2.45) is 7.05 Å². The number of rotatable bonds is 7. The van der Waals surface area contributed by atoms with Gasteiger partial charge in [-0.1, -0.05) is 24.3 Å². The lowest BCUT2D eigenvalue weighted by molar-refractivity contribution is 0.133. The van der Waals surface area contributed by atoms with Gasteiger partial charge in [0.05, 0.1) is 13.2 Å². The van der Waals surface area contributed by atoms with Gasteiger partial charge in [-0.05, 0) is 18.1 Å². The summed E-state index contributed by atoms with van der Waals surface area (Å²) in [6.45, 7) is 4.92. The second-order valence-corrected chi connectivity index (χ2v) is 4.37. The molecule has 0 fully saturated rings. The third kappa shape index (κ3) is 3.87. The number of hydrogen-bond donors (Lipinski definition) is 1. The Kier molecular flexibility index (Phi) is 5.06. The van der Waals surface area contributed by atoms with Crippen LogP contribution in [0, 0.1) is 0 Å². The molecule has 0 aliphatic heterocycles. The Morgan fingerprint density at radius 3 is 2.68 bits per heavy atom. The van der Waals surface area contributed by atoms with E-state index in [1.54, 1.807) is 6.33 Å². The molecule has 0 aliphatic carbocycles. The third-order valence-corrected chi connectivity index (χ3v) is 2.98. The third-order valence-electron chi connectivity index (χ3n) is 2.98. The van der Waals surface area contributed by atoms with Gasteiger partial charge in [0.25, 0.3) is 0 Å². The number of aromatic nitrogens is 3. The van der Waals surface area contributed by atoms with Crippen molar-refractivity contribution in [2.75, 3.05) is 6.61 Å². The van der Waals surface area contributed by atoms with Gasteiger partial charge in [0.15, 0.2) is 0 Å². The lowest BCUT2D eigenvalue weighted by Gasteiger charge is -2.10. The predicted molar refractivity (Wildman–Crippen MR) is 73.3 cm³/mol. The van der Waals surface area contributed by atoms with Crippen molar-refractivity contribution in [1.29, 1.82) is 0 Å². The molecule has 5 heteroatoms. The SMILES string of the molecule is CCOCc1ccccc1CNCc1nncn1C. The molecule has 0 saturated heterocycles. The van der Waals surface area contributed by atoms with Gasteiger partial charge < -0.3 is 14.6 Å². The zero-order valence-electron chi connectivity index (χ0n) is 11.5. The van der Waals surface area contributed by atoms with Crippen LogP contribution in [-0.4, -0.2) is 21.4 Å². The van der Waals surface area contributed by atoms with E-state index in [9.17, 15) is 0 Å². The summed E-state index contributed by atoms with van der Waals surface area (Å²) >= 11 is 0. The zero-order valence-corrected chi connectivity index (χ0v) is 11.5. The van der Waals surface area contributed by atoms with Crippen LogP contribution < -0.4 is 5.32 Å². The summed E-state index contributed by atoms with van der Waals surface area (Å²) in [6.07, 6.45) is 1.71. The van der Waals surface area contributed by atoms with E-state index in [2.05, 4.69) is 33.7 Å². The first kappa shape index (κ1) is 13.7. The zero-order chi connectivity index (χ0) is 13.5. The molecule has 19 heavy (non-hydrogen) atoms. The average Bonchev–Trinajstić information content (AvgIpc) is 2.83. The Bertz CT molecular complexity index is 510. The van der Waals surface area contributed by atoms with E-state index in [4.69, 9.17) is 4.74 Å². The van der Waals surface area contributed by atoms with E-state index in [0.29, 0.717) is 13.2 Å². The summed E-state index contributed by atoms with van der Waals surface area (Å²) in [4.78, 5) is 0. The fourth-order valence-corrected chi connectivity index (χ4v) is 1.86. The van der Waals surface area contributed by atoms with E-state index < -0.39 is 0 Å². The number of hydrogen-bond acceptors (Lipinski definition) is 4. The van der Waals surface area contributed by atoms with Crippen LogP contribution in [0.5, 0.6) is 0 Å². The number of nitrogens with zero attached hydrogens (tertiary/aromatic N) is 3. The Hall–Kier alpha value is -1.72. The smallest absolute Gasteiger partial charge is 0.146 e. The van der Waals surface area contributed by atoms with Gasteiger partial charge in [-0.3, -0.25) is 0 Å². The van der Waals surface area contributed by atoms with Gasteiger partial charge in [0.2, 0.25) is 0 Å². The minimum Gasteiger partial charge on any atom is -0.377 e. The van der Waals surface area contributed by atoms with Crippen molar-refractivity contribution in [2.45, 2.75) is 26.6 Å². The van der Waals surface area contributed by atoms with Crippen molar-refractivity contribution in [1.82, 2.24) is 20.1 Å². The molecular weight excluding hydrogens is 240 g/mol. The molecule has 0 saturated carbocycles. The van der Waals surface area contributed by atoms with Crippen molar-refractivity contribution in [3.8, 4) is 0 Å². The van der Waals surface area contributed by atoms with Gasteiger partial charge >= 0.3 is 0 Å². The van der Waals surface area contributed by atoms with Gasteiger partial charge in [0.1, 0.15) is 12.2 Å². The molecule has 0 amide bonds. The fourth-order valence-electron chi connectivity index (χ4n) is 1.86. The summed E-state index contributed by atoms with van der Waals surface area (Å²) in [5.41, 5.74) is 2.49. The van der Waals surface area contributed by atoms with Crippen LogP contribution in [0.4, 0.5) is 0 Å². The Labute approximate surface area is 113 Å². The molecule has 1 N–H and O–H groups in total. The van der Waals surface area contributed by atoms with Crippen LogP contribution in [0.1, 0.15) is 23.9 Å². The molecule has 1 heterocycles. The highest BCUT2D eigenvalue weighted by Gasteiger charge is 2.03. The summed E-state index contributed by atoms with van der Waals surface area (Å²) in [7, 11) is 1.94. The lowest BCUT2D eigenvalue weighted by Crippen LogP contribution is -2.16. The molecule has 0 unspecified atom stereocenters. The molecule has 0 atom stereocenters. The van der Waals surface area contributed by atoms with Crippen LogP contribution >= 0.6 is 0 Å². The molecule has 0 bridgehead atoms. The molecule has 5 nitrogen and oxygen atoms in total. The van der Waals surface area contributed by atoms with Crippen LogP contribution in [-0.2, 0) is 31.5 Å². The summed E-state index contributed by atoms with van der Waals surface area (Å²) in [5, 5.41) is 11.3. The van der Waals surface area contributed by atoms with Crippen molar-refractivity contribution in [3.05, 3.63) is 47.5 Å². The predicted octanol–water partition coefficient (Wildman–Crippen LogP) is 1.64. The maximum absolute atomic E-state index is 5.48. The minimum atomic E-state index is 0.665. The largest absolute Gasteiger partial charge is 0.377 e. The van der Waals surface area contributed by atoms with Crippen LogP contribution in [0.25, 0.3) is 0 Å². The summed E-state index contributed by atoms with van der Waals surface area (Å²) in [5.74, 6) is 0.933. The standard InChI is InChI=1S/C14H20N4O/c1-3-19-10-13-7-5-4-6-12(13)8-15-9-14-17-16-11-18(14)2/h4-7,11,15H,3,8-10H2,1-2H3. The molecule has 102 valence electrons. The maximum Gasteiger partial charge on any atom is 0.146 e. The average molecular weight is 260 g/mol. The molecule has 2 rings (SSSR count). The van der Waals surface area contributed by atoms with Crippen LogP contribution in [0.3, 0.4) is 0 Å². The first-order valence-electron chi connectivity index (χ1n) is 6.49. The lowest BCUT2D eigenvalue weighted by atomic mass is 10.1. The molecule has 2 aromatic rings. The summed E-state index contributed by atoms with van der Waals surface area (Å²) < 4.78 is 7.39. The second-order valence-electron chi connectivity index (χ2n) is 4.37. The fraction of sp³-hybridized carbons (Fsp3) is 0.429. The number of ether oxygens (including phenoxy) is 1. The van der Waals surface area contributed by atoms with Crippen molar-refractivity contribution >= 4 is 0 Å². The van der Waals surface area contributed by atoms with E-state index in [0.717, 1.165) is 19.0 Å². The Morgan fingerprint density at radius 2 is 2.00 bits per heavy atom. The minimum absolute atomic E-state index is 0.665. The highest BCUT2D eigenvalue weighted by Crippen LogP contribution is 2.10. The first-order chi connectivity index (χ1) is 9.31. The molecule has 0 aliphatic rings. The molecule has 0 spiro atoms.